The summed E-state index contributed by atoms with van der Waals surface area (Å²) in [7, 11) is 0. The predicted octanol–water partition coefficient (Wildman–Crippen LogP) is 2.93. The highest BCUT2D eigenvalue weighted by Crippen LogP contribution is 2.35. The highest BCUT2D eigenvalue weighted by Gasteiger charge is 2.46. The van der Waals surface area contributed by atoms with Crippen LogP contribution in [0.5, 0.6) is 0 Å². The summed E-state index contributed by atoms with van der Waals surface area (Å²) in [6.45, 7) is 2.24. The van der Waals surface area contributed by atoms with E-state index in [1.807, 2.05) is 23.2 Å². The molecule has 2 heterocycles. The molecule has 1 N–H and O–H groups in total. The number of morpholine rings is 1. The van der Waals surface area contributed by atoms with E-state index in [1.165, 1.54) is 24.3 Å². The summed E-state index contributed by atoms with van der Waals surface area (Å²) in [5.41, 5.74) is 1.16. The largest absolute Gasteiger partial charge is 0.370 e. The molecule has 0 bridgehead atoms. The summed E-state index contributed by atoms with van der Waals surface area (Å²) < 4.78 is 6.31. The number of hydrogen-bond acceptors (Lipinski definition) is 6. The standard InChI is InChI=1S/C22H26N4O4/c27-21(18-6-8-19(9-7-18)26(28)29)25-12-13-30-22(16-25)10-2-1-5-20(22)24-15-17-4-3-11-23-14-17/h3-4,6-9,11,14,20,24H,1-2,5,10,12-13,15-16H2/t20-,22+/m0/s1. The van der Waals surface area contributed by atoms with Crippen LogP contribution in [0.3, 0.4) is 0 Å². The van der Waals surface area contributed by atoms with Gasteiger partial charge in [-0.1, -0.05) is 18.9 Å². The molecule has 30 heavy (non-hydrogen) atoms. The maximum atomic E-state index is 13.1. The Morgan fingerprint density at radius 3 is 2.87 bits per heavy atom. The quantitative estimate of drug-likeness (QED) is 0.601. The van der Waals surface area contributed by atoms with Crippen LogP contribution in [-0.2, 0) is 11.3 Å². The number of nitro benzene ring substituents is 1. The number of non-ortho nitro benzene ring substituents is 1. The third kappa shape index (κ3) is 4.34. The van der Waals surface area contributed by atoms with Crippen molar-refractivity contribution in [1.82, 2.24) is 15.2 Å². The van der Waals surface area contributed by atoms with E-state index in [-0.39, 0.29) is 17.6 Å². The van der Waals surface area contributed by atoms with Crippen molar-refractivity contribution in [3.63, 3.8) is 0 Å². The molecule has 1 aromatic carbocycles. The third-order valence-electron chi connectivity index (χ3n) is 6.07. The van der Waals surface area contributed by atoms with Crippen LogP contribution in [0.4, 0.5) is 5.69 Å². The van der Waals surface area contributed by atoms with Gasteiger partial charge in [0.25, 0.3) is 11.6 Å². The Hall–Kier alpha value is -2.84. The molecule has 1 saturated carbocycles. The second-order valence-electron chi connectivity index (χ2n) is 7.98. The zero-order valence-corrected chi connectivity index (χ0v) is 16.8. The predicted molar refractivity (Wildman–Crippen MR) is 111 cm³/mol. The Labute approximate surface area is 175 Å². The lowest BCUT2D eigenvalue weighted by molar-refractivity contribution is -0.384. The maximum Gasteiger partial charge on any atom is 0.269 e. The lowest BCUT2D eigenvalue weighted by Crippen LogP contribution is -2.64. The molecule has 158 valence electrons. The lowest BCUT2D eigenvalue weighted by Gasteiger charge is -2.49. The van der Waals surface area contributed by atoms with Gasteiger partial charge in [0.2, 0.25) is 0 Å². The van der Waals surface area contributed by atoms with Crippen LogP contribution < -0.4 is 5.32 Å². The second kappa shape index (κ2) is 8.89. The number of amides is 1. The molecule has 0 unspecified atom stereocenters. The zero-order valence-electron chi connectivity index (χ0n) is 16.8. The molecular formula is C22H26N4O4. The molecule has 2 aromatic rings. The summed E-state index contributed by atoms with van der Waals surface area (Å²) >= 11 is 0. The number of carbonyl (C=O) groups is 1. The minimum Gasteiger partial charge on any atom is -0.370 e. The first-order chi connectivity index (χ1) is 14.6. The average Bonchev–Trinajstić information content (AvgIpc) is 2.79. The van der Waals surface area contributed by atoms with Crippen LogP contribution >= 0.6 is 0 Å². The van der Waals surface area contributed by atoms with Gasteiger partial charge in [-0.15, -0.1) is 0 Å². The summed E-state index contributed by atoms with van der Waals surface area (Å²) in [6, 6.07) is 9.93. The molecule has 2 aliphatic rings. The van der Waals surface area contributed by atoms with Gasteiger partial charge in [0.15, 0.2) is 0 Å². The van der Waals surface area contributed by atoms with Gasteiger partial charge in [0, 0.05) is 49.2 Å². The van der Waals surface area contributed by atoms with Gasteiger partial charge in [-0.2, -0.15) is 0 Å². The van der Waals surface area contributed by atoms with Crippen molar-refractivity contribution in [2.24, 2.45) is 0 Å². The molecule has 1 amide bonds. The monoisotopic (exact) mass is 410 g/mol. The van der Waals surface area contributed by atoms with Crippen LogP contribution in [0.15, 0.2) is 48.8 Å². The van der Waals surface area contributed by atoms with Crippen molar-refractivity contribution in [3.8, 4) is 0 Å². The van der Waals surface area contributed by atoms with Crippen LogP contribution in [0.1, 0.15) is 41.6 Å². The van der Waals surface area contributed by atoms with Crippen LogP contribution in [0.2, 0.25) is 0 Å². The van der Waals surface area contributed by atoms with Gasteiger partial charge in [-0.3, -0.25) is 19.9 Å². The minimum atomic E-state index is -0.460. The van der Waals surface area contributed by atoms with E-state index in [9.17, 15) is 14.9 Å². The van der Waals surface area contributed by atoms with Crippen LogP contribution in [-0.4, -0.2) is 52.1 Å². The number of aromatic nitrogens is 1. The molecule has 1 saturated heterocycles. The molecule has 1 aliphatic carbocycles. The van der Waals surface area contributed by atoms with Crippen molar-refractivity contribution in [3.05, 3.63) is 70.0 Å². The molecule has 8 heteroatoms. The van der Waals surface area contributed by atoms with E-state index in [0.717, 1.165) is 31.2 Å². The molecule has 0 radical (unpaired) electrons. The summed E-state index contributed by atoms with van der Waals surface area (Å²) in [5.74, 6) is -0.107. The summed E-state index contributed by atoms with van der Waals surface area (Å²) in [6.07, 6.45) is 7.73. The van der Waals surface area contributed by atoms with Crippen molar-refractivity contribution < 1.29 is 14.5 Å². The van der Waals surface area contributed by atoms with E-state index < -0.39 is 10.5 Å². The van der Waals surface area contributed by atoms with Crippen LogP contribution in [0.25, 0.3) is 0 Å². The number of nitrogens with one attached hydrogen (secondary N) is 1. The number of rotatable bonds is 5. The fourth-order valence-corrected chi connectivity index (χ4v) is 4.49. The van der Waals surface area contributed by atoms with Gasteiger partial charge < -0.3 is 15.0 Å². The third-order valence-corrected chi connectivity index (χ3v) is 6.07. The van der Waals surface area contributed by atoms with Gasteiger partial charge in [-0.25, -0.2) is 0 Å². The molecule has 4 rings (SSSR count). The van der Waals surface area contributed by atoms with Crippen molar-refractivity contribution in [2.75, 3.05) is 19.7 Å². The van der Waals surface area contributed by atoms with E-state index in [1.54, 1.807) is 6.20 Å². The minimum absolute atomic E-state index is 0.0167. The zero-order chi connectivity index (χ0) is 21.0. The van der Waals surface area contributed by atoms with E-state index in [4.69, 9.17) is 4.74 Å². The first kappa shape index (κ1) is 20.4. The molecule has 2 fully saturated rings. The van der Waals surface area contributed by atoms with Gasteiger partial charge >= 0.3 is 0 Å². The average molecular weight is 410 g/mol. The van der Waals surface area contributed by atoms with Crippen molar-refractivity contribution in [2.45, 2.75) is 43.9 Å². The van der Waals surface area contributed by atoms with E-state index >= 15 is 0 Å². The first-order valence-corrected chi connectivity index (χ1v) is 10.4. The van der Waals surface area contributed by atoms with Gasteiger partial charge in [0.05, 0.1) is 18.1 Å². The Morgan fingerprint density at radius 2 is 2.13 bits per heavy atom. The molecule has 1 aliphatic heterocycles. The highest BCUT2D eigenvalue weighted by atomic mass is 16.6. The normalized spacial score (nSPS) is 24.0. The Bertz CT molecular complexity index is 886. The number of ether oxygens (including phenoxy) is 1. The summed E-state index contributed by atoms with van der Waals surface area (Å²) in [5, 5.41) is 14.5. The number of benzene rings is 1. The van der Waals surface area contributed by atoms with Gasteiger partial charge in [-0.05, 0) is 36.6 Å². The van der Waals surface area contributed by atoms with Crippen molar-refractivity contribution >= 4 is 11.6 Å². The Balaban J connectivity index is 1.47. The number of carbonyl (C=O) groups excluding carboxylic acids is 1. The first-order valence-electron chi connectivity index (χ1n) is 10.4. The van der Waals surface area contributed by atoms with E-state index in [0.29, 0.717) is 31.8 Å². The number of pyridine rings is 1. The molecule has 1 aromatic heterocycles. The van der Waals surface area contributed by atoms with E-state index in [2.05, 4.69) is 10.3 Å². The van der Waals surface area contributed by atoms with Crippen LogP contribution in [0, 0.1) is 10.1 Å². The molecule has 2 atom stereocenters. The number of nitrogens with zero attached hydrogens (tertiary/aromatic N) is 3. The topological polar surface area (TPSA) is 97.6 Å². The molecule has 8 nitrogen and oxygen atoms in total. The number of nitro groups is 1. The fourth-order valence-electron chi connectivity index (χ4n) is 4.49. The second-order valence-corrected chi connectivity index (χ2v) is 7.98. The Morgan fingerprint density at radius 1 is 1.30 bits per heavy atom. The maximum absolute atomic E-state index is 13.1. The smallest absolute Gasteiger partial charge is 0.269 e. The summed E-state index contributed by atoms with van der Waals surface area (Å²) in [4.78, 5) is 29.5. The van der Waals surface area contributed by atoms with Gasteiger partial charge in [0.1, 0.15) is 5.60 Å². The van der Waals surface area contributed by atoms with Crippen molar-refractivity contribution in [1.29, 1.82) is 0 Å². The molecule has 1 spiro atoms. The SMILES string of the molecule is O=C(c1ccc([N+](=O)[O-])cc1)N1CCO[C@]2(CCCC[C@@H]2NCc2cccnc2)C1. The lowest BCUT2D eigenvalue weighted by atomic mass is 9.78. The number of hydrogen-bond donors (Lipinski definition) is 1. The molecular weight excluding hydrogens is 384 g/mol. The Kier molecular flexibility index (Phi) is 6.06. The highest BCUT2D eigenvalue weighted by molar-refractivity contribution is 5.94. The fraction of sp³-hybridized carbons (Fsp3) is 0.455.